The molecule has 0 radical (unpaired) electrons. The summed E-state index contributed by atoms with van der Waals surface area (Å²) in [6, 6.07) is 27.2. The maximum Gasteiger partial charge on any atom is 0.244 e. The van der Waals surface area contributed by atoms with E-state index in [2.05, 4.69) is 6.08 Å². The number of hydrogen-bond acceptors (Lipinski definition) is 4. The Labute approximate surface area is 230 Å². The van der Waals surface area contributed by atoms with Crippen LogP contribution < -0.4 is 26.3 Å². The van der Waals surface area contributed by atoms with Gasteiger partial charge in [-0.1, -0.05) is 36.4 Å². The molecule has 7 heteroatoms. The van der Waals surface area contributed by atoms with E-state index in [0.29, 0.717) is 12.1 Å². The lowest BCUT2D eigenvalue weighted by Crippen LogP contribution is -3.00. The predicted molar refractivity (Wildman–Crippen MR) is 141 cm³/mol. The van der Waals surface area contributed by atoms with Gasteiger partial charge < -0.3 is 30.6 Å². The van der Waals surface area contributed by atoms with Gasteiger partial charge >= 0.3 is 0 Å². The van der Waals surface area contributed by atoms with Crippen molar-refractivity contribution in [1.82, 2.24) is 4.57 Å². The van der Waals surface area contributed by atoms with Gasteiger partial charge in [0, 0.05) is 16.3 Å². The molecule has 0 amide bonds. The third-order valence-corrected chi connectivity index (χ3v) is 6.37. The van der Waals surface area contributed by atoms with Crippen molar-refractivity contribution in [3.8, 4) is 5.75 Å². The van der Waals surface area contributed by atoms with Crippen molar-refractivity contribution in [1.29, 1.82) is 0 Å². The van der Waals surface area contributed by atoms with Gasteiger partial charge in [-0.3, -0.25) is 4.79 Å². The minimum atomic E-state index is 0. The molecule has 0 saturated carbocycles. The van der Waals surface area contributed by atoms with Crippen molar-refractivity contribution in [2.45, 2.75) is 13.1 Å². The molecule has 3 heterocycles. The second-order valence-electron chi connectivity index (χ2n) is 8.85. The van der Waals surface area contributed by atoms with Gasteiger partial charge in [-0.05, 0) is 54.6 Å². The van der Waals surface area contributed by atoms with Crippen LogP contribution in [0.1, 0.15) is 21.9 Å². The maximum atomic E-state index is 12.7. The molecule has 0 fully saturated rings. The van der Waals surface area contributed by atoms with Crippen LogP contribution in [0.25, 0.3) is 27.5 Å². The second-order valence-corrected chi connectivity index (χ2v) is 8.85. The summed E-state index contributed by atoms with van der Waals surface area (Å²) in [4.78, 5) is 12.7. The van der Waals surface area contributed by atoms with Gasteiger partial charge in [0.05, 0.1) is 12.7 Å². The molecule has 0 aliphatic heterocycles. The second kappa shape index (κ2) is 10.9. The molecule has 0 saturated heterocycles. The molecule has 3 aromatic heterocycles. The summed E-state index contributed by atoms with van der Waals surface area (Å²) in [5.41, 5.74) is 3.19. The molecule has 0 N–H and O–H groups in total. The number of ether oxygens (including phenoxy) is 1. The summed E-state index contributed by atoms with van der Waals surface area (Å²) in [6.45, 7) is 0.830. The van der Waals surface area contributed by atoms with Crippen LogP contribution in [0, 0.1) is 0 Å². The Hall–Kier alpha value is -4.36. The first-order chi connectivity index (χ1) is 18.2. The normalized spacial score (nSPS) is 10.9. The monoisotopic (exact) mass is 568 g/mol. The van der Waals surface area contributed by atoms with E-state index in [1.54, 1.807) is 31.4 Å². The number of benzene rings is 3. The van der Waals surface area contributed by atoms with E-state index in [1.807, 2.05) is 88.5 Å². The van der Waals surface area contributed by atoms with Crippen molar-refractivity contribution in [3.63, 3.8) is 0 Å². The SMILES string of the molecule is COc1ccc(C(=O)C[n+]2ccn(CC=C(c3cc4ccccc4o3)c3cc4ccccc4o3)c2)cc1.[Br-]. The van der Waals surface area contributed by atoms with Crippen LogP contribution in [0.15, 0.2) is 119 Å². The van der Waals surface area contributed by atoms with Crippen molar-refractivity contribution in [2.24, 2.45) is 0 Å². The number of rotatable bonds is 8. The van der Waals surface area contributed by atoms with Gasteiger partial charge in [-0.2, -0.15) is 0 Å². The smallest absolute Gasteiger partial charge is 0.244 e. The highest BCUT2D eigenvalue weighted by Crippen LogP contribution is 2.32. The van der Waals surface area contributed by atoms with Crippen LogP contribution in [0.2, 0.25) is 0 Å². The van der Waals surface area contributed by atoms with E-state index in [-0.39, 0.29) is 29.3 Å². The number of hydrogen-bond donors (Lipinski definition) is 0. The standard InChI is InChI=1S/C31H25N2O4.BrH/c1-35-25-12-10-22(11-13-25)27(34)20-33-17-16-32(21-33)15-14-26(30-18-23-6-2-4-8-28(23)36-30)31-19-24-7-3-5-9-29(24)37-31;/h2-14,16-19,21H,15,20H2,1H3;1H/q+1;/p-1. The summed E-state index contributed by atoms with van der Waals surface area (Å²) in [5, 5.41) is 2.07. The van der Waals surface area contributed by atoms with Gasteiger partial charge in [0.25, 0.3) is 0 Å². The number of carbonyl (C=O) groups is 1. The molecule has 0 aliphatic carbocycles. The molecular formula is C31H25BrN2O4. The fraction of sp³-hybridized carbons (Fsp3) is 0.0968. The number of aromatic nitrogens is 2. The topological polar surface area (TPSA) is 61.4 Å². The Bertz CT molecular complexity index is 1600. The Morgan fingerprint density at radius 3 is 2.08 bits per heavy atom. The summed E-state index contributed by atoms with van der Waals surface area (Å²) in [5.74, 6) is 2.25. The molecule has 190 valence electrons. The first kappa shape index (κ1) is 25.3. The number of para-hydroxylation sites is 2. The van der Waals surface area contributed by atoms with Crippen LogP contribution in [0.5, 0.6) is 5.75 Å². The maximum absolute atomic E-state index is 12.7. The summed E-state index contributed by atoms with van der Waals surface area (Å²) < 4.78 is 21.5. The number of carbonyl (C=O) groups excluding carboxylic acids is 1. The van der Waals surface area contributed by atoms with Crippen molar-refractivity contribution in [3.05, 3.63) is 127 Å². The van der Waals surface area contributed by atoms with Gasteiger partial charge in [0.15, 0.2) is 6.54 Å². The minimum Gasteiger partial charge on any atom is -1.00 e. The fourth-order valence-electron chi connectivity index (χ4n) is 4.42. The number of halogens is 1. The van der Waals surface area contributed by atoms with Crippen LogP contribution in [-0.2, 0) is 13.1 Å². The molecule has 3 aromatic carbocycles. The zero-order valence-corrected chi connectivity index (χ0v) is 22.3. The van der Waals surface area contributed by atoms with E-state index < -0.39 is 0 Å². The van der Waals surface area contributed by atoms with Gasteiger partial charge in [0.2, 0.25) is 12.1 Å². The summed E-state index contributed by atoms with van der Waals surface area (Å²) in [6.07, 6.45) is 7.86. The van der Waals surface area contributed by atoms with Crippen LogP contribution in [-0.4, -0.2) is 17.5 Å². The highest BCUT2D eigenvalue weighted by atomic mass is 79.9. The molecule has 0 unspecified atom stereocenters. The van der Waals surface area contributed by atoms with Gasteiger partial charge in [0.1, 0.15) is 47.4 Å². The Morgan fingerprint density at radius 2 is 1.50 bits per heavy atom. The molecular weight excluding hydrogens is 544 g/mol. The first-order valence-electron chi connectivity index (χ1n) is 12.1. The van der Waals surface area contributed by atoms with Crippen molar-refractivity contribution in [2.75, 3.05) is 7.11 Å². The Morgan fingerprint density at radius 1 is 0.895 bits per heavy atom. The number of nitrogens with zero attached hydrogens (tertiary/aromatic N) is 2. The molecule has 0 bridgehead atoms. The number of allylic oxidation sites excluding steroid dienone is 1. The third-order valence-electron chi connectivity index (χ3n) is 6.37. The van der Waals surface area contributed by atoms with Crippen molar-refractivity contribution >= 4 is 33.3 Å². The lowest BCUT2D eigenvalue weighted by molar-refractivity contribution is -0.682. The molecule has 6 aromatic rings. The van der Waals surface area contributed by atoms with E-state index in [9.17, 15) is 4.79 Å². The first-order valence-corrected chi connectivity index (χ1v) is 12.1. The number of fused-ring (bicyclic) bond motifs is 2. The molecule has 0 atom stereocenters. The minimum absolute atomic E-state index is 0. The fourth-order valence-corrected chi connectivity index (χ4v) is 4.42. The molecule has 0 aliphatic rings. The highest BCUT2D eigenvalue weighted by molar-refractivity contribution is 5.95. The molecule has 6 rings (SSSR count). The molecule has 6 nitrogen and oxygen atoms in total. The average Bonchev–Trinajstić information content (AvgIpc) is 3.67. The number of imidazole rings is 1. The molecule has 0 spiro atoms. The van der Waals surface area contributed by atoms with Gasteiger partial charge in [-0.15, -0.1) is 0 Å². The largest absolute Gasteiger partial charge is 1.00 e. The number of Topliss-reactive ketones (excluding diaryl/α,β-unsaturated/α-hetero) is 1. The average molecular weight is 569 g/mol. The Balaban J connectivity index is 0.00000294. The predicted octanol–water partition coefficient (Wildman–Crippen LogP) is 3.30. The lowest BCUT2D eigenvalue weighted by Gasteiger charge is -2.02. The van der Waals surface area contributed by atoms with E-state index in [4.69, 9.17) is 13.6 Å². The lowest BCUT2D eigenvalue weighted by atomic mass is 10.1. The Kier molecular flexibility index (Phi) is 7.29. The van der Waals surface area contributed by atoms with E-state index >= 15 is 0 Å². The van der Waals surface area contributed by atoms with Crippen molar-refractivity contribution < 1.29 is 39.9 Å². The summed E-state index contributed by atoms with van der Waals surface area (Å²) in [7, 11) is 1.61. The number of furan rings is 2. The van der Waals surface area contributed by atoms with Crippen LogP contribution in [0.4, 0.5) is 0 Å². The van der Waals surface area contributed by atoms with E-state index in [1.165, 1.54) is 0 Å². The van der Waals surface area contributed by atoms with E-state index in [0.717, 1.165) is 44.8 Å². The van der Waals surface area contributed by atoms with Crippen LogP contribution in [0.3, 0.4) is 0 Å². The van der Waals surface area contributed by atoms with Gasteiger partial charge in [-0.25, -0.2) is 9.13 Å². The zero-order chi connectivity index (χ0) is 25.2. The van der Waals surface area contributed by atoms with Crippen LogP contribution >= 0.6 is 0 Å². The quantitative estimate of drug-likeness (QED) is 0.209. The highest BCUT2D eigenvalue weighted by Gasteiger charge is 2.17. The molecule has 38 heavy (non-hydrogen) atoms. The number of methoxy groups -OCH3 is 1. The number of ketones is 1. The zero-order valence-electron chi connectivity index (χ0n) is 20.7. The summed E-state index contributed by atoms with van der Waals surface area (Å²) >= 11 is 0. The third kappa shape index (κ3) is 5.19.